The monoisotopic (exact) mass is 341 g/mol. The van der Waals surface area contributed by atoms with E-state index >= 15 is 0 Å². The second-order valence-electron chi connectivity index (χ2n) is 6.21. The first kappa shape index (κ1) is 15.7. The summed E-state index contributed by atoms with van der Waals surface area (Å²) in [5.74, 6) is 1.03. The molecule has 4 rings (SSSR count). The van der Waals surface area contributed by atoms with Crippen LogP contribution >= 0.6 is 0 Å². The molecule has 0 bridgehead atoms. The molecule has 1 aliphatic rings. The summed E-state index contributed by atoms with van der Waals surface area (Å²) >= 11 is 0. The average Bonchev–Trinajstić information content (AvgIpc) is 3.42. The first-order valence-electron chi connectivity index (χ1n) is 8.34. The molecular weight excluding hydrogens is 322 g/mol. The molecule has 0 spiro atoms. The highest BCUT2D eigenvalue weighted by Crippen LogP contribution is 2.29. The number of nitrogens with one attached hydrogen (secondary N) is 1. The van der Waals surface area contributed by atoms with E-state index in [1.54, 1.807) is 41.5 Å². The van der Waals surface area contributed by atoms with Crippen LogP contribution in [0.15, 0.2) is 51.7 Å². The van der Waals surface area contributed by atoms with Crippen molar-refractivity contribution in [2.75, 3.05) is 6.54 Å². The first-order chi connectivity index (χ1) is 12.2. The maximum atomic E-state index is 12.8. The number of furan rings is 2. The quantitative estimate of drug-likeness (QED) is 0.744. The molecule has 7 heteroatoms. The second kappa shape index (κ2) is 6.60. The van der Waals surface area contributed by atoms with Crippen LogP contribution in [0.3, 0.4) is 0 Å². The second-order valence-corrected chi connectivity index (χ2v) is 6.21. The van der Waals surface area contributed by atoms with Crippen LogP contribution in [0.2, 0.25) is 0 Å². The van der Waals surface area contributed by atoms with Gasteiger partial charge < -0.3 is 18.8 Å². The number of aliphatic hydroxyl groups excluding tert-OH is 1. The van der Waals surface area contributed by atoms with E-state index in [1.165, 1.54) is 6.26 Å². The minimum absolute atomic E-state index is 0.0311. The molecule has 0 aliphatic carbocycles. The van der Waals surface area contributed by atoms with Crippen molar-refractivity contribution in [1.82, 2.24) is 15.1 Å². The fourth-order valence-electron chi connectivity index (χ4n) is 3.34. The zero-order chi connectivity index (χ0) is 17.2. The molecular formula is C18H19N3O4. The normalized spacial score (nSPS) is 18.6. The van der Waals surface area contributed by atoms with Crippen molar-refractivity contribution in [3.63, 3.8) is 0 Å². The molecule has 2 N–H and O–H groups in total. The molecule has 2 unspecified atom stereocenters. The van der Waals surface area contributed by atoms with Crippen LogP contribution in [-0.4, -0.2) is 38.7 Å². The van der Waals surface area contributed by atoms with E-state index in [2.05, 4.69) is 10.2 Å². The fraction of sp³-hybridized carbons (Fsp3) is 0.333. The summed E-state index contributed by atoms with van der Waals surface area (Å²) in [4.78, 5) is 14.6. The van der Waals surface area contributed by atoms with Crippen molar-refractivity contribution < 1.29 is 18.7 Å². The van der Waals surface area contributed by atoms with Gasteiger partial charge in [-0.05, 0) is 37.1 Å². The van der Waals surface area contributed by atoms with Crippen LogP contribution in [0, 0.1) is 0 Å². The zero-order valence-electron chi connectivity index (χ0n) is 13.6. The zero-order valence-corrected chi connectivity index (χ0v) is 13.6. The number of nitrogens with zero attached hydrogens (tertiary/aromatic N) is 2. The Morgan fingerprint density at radius 2 is 2.20 bits per heavy atom. The molecule has 1 fully saturated rings. The minimum Gasteiger partial charge on any atom is -0.467 e. The van der Waals surface area contributed by atoms with Crippen LogP contribution in [0.25, 0.3) is 11.5 Å². The van der Waals surface area contributed by atoms with E-state index in [0.717, 1.165) is 12.8 Å². The van der Waals surface area contributed by atoms with Gasteiger partial charge in [-0.1, -0.05) is 0 Å². The summed E-state index contributed by atoms with van der Waals surface area (Å²) in [6, 6.07) is 8.74. The number of aliphatic hydroxyl groups is 1. The summed E-state index contributed by atoms with van der Waals surface area (Å²) in [5.41, 5.74) is 1.02. The molecule has 3 aromatic heterocycles. The average molecular weight is 341 g/mol. The number of likely N-dealkylation sites (tertiary alicyclic amines) is 1. The molecule has 3 aromatic rings. The lowest BCUT2D eigenvalue weighted by Crippen LogP contribution is -2.36. The molecule has 25 heavy (non-hydrogen) atoms. The molecule has 0 aromatic carbocycles. The number of rotatable bonds is 5. The Bertz CT molecular complexity index is 823. The lowest BCUT2D eigenvalue weighted by atomic mass is 10.0. The summed E-state index contributed by atoms with van der Waals surface area (Å²) in [5, 5.41) is 17.3. The molecule has 0 saturated carbocycles. The number of amides is 1. The molecule has 1 aliphatic heterocycles. The van der Waals surface area contributed by atoms with Gasteiger partial charge >= 0.3 is 0 Å². The van der Waals surface area contributed by atoms with E-state index < -0.39 is 6.10 Å². The smallest absolute Gasteiger partial charge is 0.274 e. The summed E-state index contributed by atoms with van der Waals surface area (Å²) in [6.45, 7) is 0.664. The van der Waals surface area contributed by atoms with Crippen molar-refractivity contribution in [1.29, 1.82) is 0 Å². The molecule has 1 saturated heterocycles. The first-order valence-corrected chi connectivity index (χ1v) is 8.34. The van der Waals surface area contributed by atoms with Crippen LogP contribution in [0.4, 0.5) is 0 Å². The largest absolute Gasteiger partial charge is 0.467 e. The summed E-state index contributed by atoms with van der Waals surface area (Å²) < 4.78 is 10.6. The Hall–Kier alpha value is -2.80. The molecule has 7 nitrogen and oxygen atoms in total. The SMILES string of the molecule is O=C(c1cc(-c2ccco2)[nH]n1)N1CCCC1CC(O)c1ccco1. The van der Waals surface area contributed by atoms with Crippen molar-refractivity contribution in [3.05, 3.63) is 54.3 Å². The van der Waals surface area contributed by atoms with Gasteiger partial charge in [-0.25, -0.2) is 0 Å². The van der Waals surface area contributed by atoms with E-state index in [0.29, 0.717) is 35.9 Å². The van der Waals surface area contributed by atoms with Gasteiger partial charge in [0.2, 0.25) is 0 Å². The van der Waals surface area contributed by atoms with E-state index in [1.807, 2.05) is 0 Å². The van der Waals surface area contributed by atoms with Crippen LogP contribution in [0.5, 0.6) is 0 Å². The number of carbonyl (C=O) groups is 1. The Balaban J connectivity index is 1.47. The lowest BCUT2D eigenvalue weighted by molar-refractivity contribution is 0.0636. The highest BCUT2D eigenvalue weighted by atomic mass is 16.4. The van der Waals surface area contributed by atoms with Gasteiger partial charge in [-0.3, -0.25) is 9.89 Å². The van der Waals surface area contributed by atoms with E-state index in [4.69, 9.17) is 8.83 Å². The summed E-state index contributed by atoms with van der Waals surface area (Å²) in [6.07, 6.45) is 4.62. The third-order valence-electron chi connectivity index (χ3n) is 4.59. The van der Waals surface area contributed by atoms with Gasteiger partial charge in [0.05, 0.1) is 12.5 Å². The molecule has 2 atom stereocenters. The van der Waals surface area contributed by atoms with Crippen LogP contribution in [0.1, 0.15) is 41.6 Å². The Labute approximate surface area is 144 Å². The lowest BCUT2D eigenvalue weighted by Gasteiger charge is -2.25. The van der Waals surface area contributed by atoms with Crippen molar-refractivity contribution in [3.8, 4) is 11.5 Å². The van der Waals surface area contributed by atoms with Crippen molar-refractivity contribution >= 4 is 5.91 Å². The Kier molecular flexibility index (Phi) is 4.15. The third-order valence-corrected chi connectivity index (χ3v) is 4.59. The van der Waals surface area contributed by atoms with Crippen LogP contribution in [-0.2, 0) is 0 Å². The predicted molar refractivity (Wildman–Crippen MR) is 88.6 cm³/mol. The number of aromatic amines is 1. The Morgan fingerprint density at radius 3 is 2.96 bits per heavy atom. The van der Waals surface area contributed by atoms with Gasteiger partial charge in [-0.15, -0.1) is 0 Å². The van der Waals surface area contributed by atoms with Gasteiger partial charge in [0.25, 0.3) is 5.91 Å². The van der Waals surface area contributed by atoms with Gasteiger partial charge in [0, 0.05) is 25.1 Å². The highest BCUT2D eigenvalue weighted by molar-refractivity contribution is 5.93. The van der Waals surface area contributed by atoms with E-state index in [9.17, 15) is 9.90 Å². The number of hydrogen-bond donors (Lipinski definition) is 2. The van der Waals surface area contributed by atoms with Gasteiger partial charge in [0.1, 0.15) is 17.6 Å². The maximum absolute atomic E-state index is 12.8. The Morgan fingerprint density at radius 1 is 1.36 bits per heavy atom. The summed E-state index contributed by atoms with van der Waals surface area (Å²) in [7, 11) is 0. The third kappa shape index (κ3) is 3.10. The molecule has 4 heterocycles. The van der Waals surface area contributed by atoms with E-state index in [-0.39, 0.29) is 11.9 Å². The van der Waals surface area contributed by atoms with Gasteiger partial charge in [0.15, 0.2) is 11.5 Å². The van der Waals surface area contributed by atoms with Crippen molar-refractivity contribution in [2.24, 2.45) is 0 Å². The predicted octanol–water partition coefficient (Wildman–Crippen LogP) is 2.99. The molecule has 1 amide bonds. The fourth-order valence-corrected chi connectivity index (χ4v) is 3.34. The number of H-pyrrole nitrogens is 1. The minimum atomic E-state index is -0.716. The van der Waals surface area contributed by atoms with Crippen LogP contribution < -0.4 is 0 Å². The molecule has 0 radical (unpaired) electrons. The van der Waals surface area contributed by atoms with Crippen molar-refractivity contribution in [2.45, 2.75) is 31.4 Å². The molecule has 130 valence electrons. The number of aromatic nitrogens is 2. The number of carbonyl (C=O) groups excluding carboxylic acids is 1. The number of hydrogen-bond acceptors (Lipinski definition) is 5. The standard InChI is InChI=1S/C18H19N3O4/c22-15(17-6-3-9-25-17)10-12-4-1-7-21(12)18(23)14-11-13(19-20-14)16-5-2-8-24-16/h2-3,5-6,8-9,11-12,15,22H,1,4,7,10H2,(H,19,20). The highest BCUT2D eigenvalue weighted by Gasteiger charge is 2.33. The topological polar surface area (TPSA) is 95.5 Å². The maximum Gasteiger partial charge on any atom is 0.274 e. The van der Waals surface area contributed by atoms with Gasteiger partial charge in [-0.2, -0.15) is 5.10 Å².